The van der Waals surface area contributed by atoms with Gasteiger partial charge in [-0.15, -0.1) is 0 Å². The maximum absolute atomic E-state index is 3.62. The van der Waals surface area contributed by atoms with E-state index in [2.05, 4.69) is 57.3 Å². The highest BCUT2D eigenvalue weighted by molar-refractivity contribution is 9.10. The Labute approximate surface area is 106 Å². The zero-order chi connectivity index (χ0) is 11.4. The van der Waals surface area contributed by atoms with Crippen LogP contribution in [0, 0.1) is 0 Å². The lowest BCUT2D eigenvalue weighted by Crippen LogP contribution is -2.33. The van der Waals surface area contributed by atoms with Gasteiger partial charge in [0.15, 0.2) is 0 Å². The molecule has 1 saturated heterocycles. The molecule has 88 valence electrons. The second-order valence-electron chi connectivity index (χ2n) is 4.45. The van der Waals surface area contributed by atoms with Gasteiger partial charge in [-0.3, -0.25) is 4.90 Å². The molecule has 0 amide bonds. The minimum Gasteiger partial charge on any atom is -0.315 e. The Balaban J connectivity index is 2.05. The summed E-state index contributed by atoms with van der Waals surface area (Å²) in [5.41, 5.74) is 1.39. The first-order valence-corrected chi connectivity index (χ1v) is 6.75. The molecule has 1 atom stereocenters. The van der Waals surface area contributed by atoms with Crippen LogP contribution in [0.1, 0.15) is 18.9 Å². The summed E-state index contributed by atoms with van der Waals surface area (Å²) in [5, 5.41) is 3.45. The Hall–Kier alpha value is -0.380. The first kappa shape index (κ1) is 12.1. The lowest BCUT2D eigenvalue weighted by atomic mass is 10.1. The van der Waals surface area contributed by atoms with Gasteiger partial charge in [0, 0.05) is 30.1 Å². The number of benzene rings is 1. The van der Waals surface area contributed by atoms with Gasteiger partial charge in [-0.05, 0) is 31.5 Å². The summed E-state index contributed by atoms with van der Waals surface area (Å²) in [6.45, 7) is 6.76. The normalized spacial score (nSPS) is 23.0. The van der Waals surface area contributed by atoms with Crippen LogP contribution in [0.2, 0.25) is 0 Å². The molecule has 1 aliphatic heterocycles. The van der Waals surface area contributed by atoms with E-state index in [1.807, 2.05) is 0 Å². The second-order valence-corrected chi connectivity index (χ2v) is 5.30. The third-order valence-electron chi connectivity index (χ3n) is 3.27. The third-order valence-corrected chi connectivity index (χ3v) is 4.04. The van der Waals surface area contributed by atoms with E-state index in [1.165, 1.54) is 16.5 Å². The topological polar surface area (TPSA) is 15.3 Å². The SMILES string of the molecule is CC1CCNCCN1Cc1ccccc1Br. The largest absolute Gasteiger partial charge is 0.315 e. The van der Waals surface area contributed by atoms with Gasteiger partial charge in [0.05, 0.1) is 0 Å². The summed E-state index contributed by atoms with van der Waals surface area (Å²) in [7, 11) is 0. The zero-order valence-electron chi connectivity index (χ0n) is 9.75. The molecule has 0 aliphatic carbocycles. The van der Waals surface area contributed by atoms with Crippen molar-refractivity contribution >= 4 is 15.9 Å². The Kier molecular flexibility index (Phi) is 4.38. The minimum absolute atomic E-state index is 0.669. The highest BCUT2D eigenvalue weighted by atomic mass is 79.9. The van der Waals surface area contributed by atoms with Crippen LogP contribution in [0.4, 0.5) is 0 Å². The van der Waals surface area contributed by atoms with Gasteiger partial charge in [0.25, 0.3) is 0 Å². The molecular weight excluding hydrogens is 264 g/mol. The van der Waals surface area contributed by atoms with E-state index in [4.69, 9.17) is 0 Å². The van der Waals surface area contributed by atoms with E-state index in [0.29, 0.717) is 6.04 Å². The molecule has 1 aromatic rings. The van der Waals surface area contributed by atoms with E-state index in [1.54, 1.807) is 0 Å². The molecule has 1 heterocycles. The van der Waals surface area contributed by atoms with Gasteiger partial charge >= 0.3 is 0 Å². The van der Waals surface area contributed by atoms with Gasteiger partial charge in [-0.2, -0.15) is 0 Å². The van der Waals surface area contributed by atoms with Crippen molar-refractivity contribution in [1.82, 2.24) is 10.2 Å². The van der Waals surface area contributed by atoms with Crippen LogP contribution >= 0.6 is 15.9 Å². The van der Waals surface area contributed by atoms with Crippen molar-refractivity contribution in [2.75, 3.05) is 19.6 Å². The molecule has 1 N–H and O–H groups in total. The van der Waals surface area contributed by atoms with E-state index in [-0.39, 0.29) is 0 Å². The van der Waals surface area contributed by atoms with Gasteiger partial charge in [-0.25, -0.2) is 0 Å². The van der Waals surface area contributed by atoms with Crippen LogP contribution in [0.3, 0.4) is 0 Å². The van der Waals surface area contributed by atoms with Crippen LogP contribution in [0.5, 0.6) is 0 Å². The molecule has 2 rings (SSSR count). The number of rotatable bonds is 2. The van der Waals surface area contributed by atoms with Crippen molar-refractivity contribution in [3.05, 3.63) is 34.3 Å². The fourth-order valence-electron chi connectivity index (χ4n) is 2.14. The molecule has 0 radical (unpaired) electrons. The Bertz CT molecular complexity index is 340. The number of hydrogen-bond donors (Lipinski definition) is 1. The number of halogens is 1. The third kappa shape index (κ3) is 3.06. The Morgan fingerprint density at radius 1 is 1.38 bits per heavy atom. The summed E-state index contributed by atoms with van der Waals surface area (Å²) in [5.74, 6) is 0. The first-order valence-electron chi connectivity index (χ1n) is 5.95. The van der Waals surface area contributed by atoms with Gasteiger partial charge in [0.2, 0.25) is 0 Å². The van der Waals surface area contributed by atoms with Crippen molar-refractivity contribution in [2.24, 2.45) is 0 Å². The molecule has 1 unspecified atom stereocenters. The average Bonchev–Trinajstić information content (AvgIpc) is 2.48. The van der Waals surface area contributed by atoms with E-state index in [9.17, 15) is 0 Å². The van der Waals surface area contributed by atoms with Crippen LogP contribution in [-0.2, 0) is 6.54 Å². The molecule has 3 heteroatoms. The number of hydrogen-bond acceptors (Lipinski definition) is 2. The molecule has 1 fully saturated rings. The highest BCUT2D eigenvalue weighted by Gasteiger charge is 2.17. The number of nitrogens with zero attached hydrogens (tertiary/aromatic N) is 1. The van der Waals surface area contributed by atoms with Crippen LogP contribution in [0.25, 0.3) is 0 Å². The molecular formula is C13H19BrN2. The van der Waals surface area contributed by atoms with Crippen molar-refractivity contribution in [2.45, 2.75) is 25.9 Å². The summed E-state index contributed by atoms with van der Waals surface area (Å²) in [4.78, 5) is 2.56. The summed E-state index contributed by atoms with van der Waals surface area (Å²) < 4.78 is 1.22. The first-order chi connectivity index (χ1) is 7.77. The lowest BCUT2D eigenvalue weighted by molar-refractivity contribution is 0.211. The standard InChI is InChI=1S/C13H19BrN2/c1-11-6-7-15-8-9-16(11)10-12-4-2-3-5-13(12)14/h2-5,11,15H,6-10H2,1H3. The predicted octanol–water partition coefficient (Wildman–Crippen LogP) is 2.63. The predicted molar refractivity (Wildman–Crippen MR) is 71.5 cm³/mol. The van der Waals surface area contributed by atoms with Gasteiger partial charge in [-0.1, -0.05) is 34.1 Å². The minimum atomic E-state index is 0.669. The fraction of sp³-hybridized carbons (Fsp3) is 0.538. The quantitative estimate of drug-likeness (QED) is 0.897. The second kappa shape index (κ2) is 5.80. The van der Waals surface area contributed by atoms with Gasteiger partial charge in [0.1, 0.15) is 0 Å². The average molecular weight is 283 g/mol. The summed E-state index contributed by atoms with van der Waals surface area (Å²) >= 11 is 3.62. The Morgan fingerprint density at radius 2 is 2.19 bits per heavy atom. The summed E-state index contributed by atoms with van der Waals surface area (Å²) in [6, 6.07) is 9.18. The molecule has 0 bridgehead atoms. The van der Waals surface area contributed by atoms with Crippen LogP contribution in [0.15, 0.2) is 28.7 Å². The highest BCUT2D eigenvalue weighted by Crippen LogP contribution is 2.19. The maximum atomic E-state index is 3.62. The summed E-state index contributed by atoms with van der Waals surface area (Å²) in [6.07, 6.45) is 1.24. The molecule has 1 aliphatic rings. The van der Waals surface area contributed by atoms with Gasteiger partial charge < -0.3 is 5.32 Å². The zero-order valence-corrected chi connectivity index (χ0v) is 11.3. The molecule has 1 aromatic carbocycles. The molecule has 16 heavy (non-hydrogen) atoms. The molecule has 0 spiro atoms. The Morgan fingerprint density at radius 3 is 3.00 bits per heavy atom. The van der Waals surface area contributed by atoms with Crippen molar-refractivity contribution in [1.29, 1.82) is 0 Å². The van der Waals surface area contributed by atoms with E-state index in [0.717, 1.165) is 26.2 Å². The van der Waals surface area contributed by atoms with Crippen molar-refractivity contribution in [3.63, 3.8) is 0 Å². The fourth-order valence-corrected chi connectivity index (χ4v) is 2.55. The van der Waals surface area contributed by atoms with E-state index < -0.39 is 0 Å². The molecule has 2 nitrogen and oxygen atoms in total. The van der Waals surface area contributed by atoms with Crippen molar-refractivity contribution < 1.29 is 0 Å². The maximum Gasteiger partial charge on any atom is 0.0248 e. The van der Waals surface area contributed by atoms with Crippen LogP contribution in [-0.4, -0.2) is 30.6 Å². The number of nitrogens with one attached hydrogen (secondary N) is 1. The monoisotopic (exact) mass is 282 g/mol. The smallest absolute Gasteiger partial charge is 0.0248 e. The molecule has 0 aromatic heterocycles. The van der Waals surface area contributed by atoms with E-state index >= 15 is 0 Å². The molecule has 0 saturated carbocycles. The van der Waals surface area contributed by atoms with Crippen LogP contribution < -0.4 is 5.32 Å². The lowest BCUT2D eigenvalue weighted by Gasteiger charge is -2.26. The van der Waals surface area contributed by atoms with Crippen molar-refractivity contribution in [3.8, 4) is 0 Å².